The molecular formula is C7H14N3O2-. The SMILES string of the molecule is [O-]N1NC(O)NC2CCCCC21. The summed E-state index contributed by atoms with van der Waals surface area (Å²) >= 11 is 0. The van der Waals surface area contributed by atoms with E-state index in [2.05, 4.69) is 10.7 Å². The molecule has 12 heavy (non-hydrogen) atoms. The van der Waals surface area contributed by atoms with Crippen molar-refractivity contribution < 1.29 is 5.11 Å². The molecule has 3 unspecified atom stereocenters. The standard InChI is InChI=1S/C7H14N3O2/c11-7-8-5-3-1-2-4-6(5)10(12)9-7/h5-9,11H,1-4H2/q-1. The number of aliphatic hydroxyl groups is 1. The summed E-state index contributed by atoms with van der Waals surface area (Å²) in [6.07, 6.45) is 3.29. The van der Waals surface area contributed by atoms with Crippen molar-refractivity contribution in [3.63, 3.8) is 0 Å². The highest BCUT2D eigenvalue weighted by molar-refractivity contribution is 4.90. The first-order chi connectivity index (χ1) is 5.77. The van der Waals surface area contributed by atoms with E-state index in [1.807, 2.05) is 0 Å². The molecule has 2 fully saturated rings. The lowest BCUT2D eigenvalue weighted by Crippen LogP contribution is -2.67. The van der Waals surface area contributed by atoms with Crippen LogP contribution in [0.3, 0.4) is 0 Å². The van der Waals surface area contributed by atoms with Gasteiger partial charge in [0, 0.05) is 12.1 Å². The van der Waals surface area contributed by atoms with Crippen LogP contribution in [0.2, 0.25) is 0 Å². The molecule has 0 aromatic rings. The van der Waals surface area contributed by atoms with Gasteiger partial charge in [-0.05, 0) is 12.8 Å². The smallest absolute Gasteiger partial charge is 0.172 e. The number of nitrogens with one attached hydrogen (secondary N) is 2. The average molecular weight is 172 g/mol. The molecule has 70 valence electrons. The van der Waals surface area contributed by atoms with Gasteiger partial charge in [-0.25, -0.2) is 5.43 Å². The van der Waals surface area contributed by atoms with Gasteiger partial charge in [-0.3, -0.25) is 5.32 Å². The topological polar surface area (TPSA) is 70.6 Å². The predicted molar refractivity (Wildman–Crippen MR) is 43.5 cm³/mol. The zero-order chi connectivity index (χ0) is 8.55. The molecule has 1 aliphatic carbocycles. The van der Waals surface area contributed by atoms with E-state index in [-0.39, 0.29) is 12.1 Å². The van der Waals surface area contributed by atoms with E-state index < -0.39 is 6.35 Å². The number of hydroxylamine groups is 1. The van der Waals surface area contributed by atoms with Gasteiger partial charge in [0.25, 0.3) is 0 Å². The molecular weight excluding hydrogens is 158 g/mol. The highest BCUT2D eigenvalue weighted by atomic mass is 16.6. The van der Waals surface area contributed by atoms with Gasteiger partial charge in [-0.15, -0.1) is 0 Å². The van der Waals surface area contributed by atoms with Crippen molar-refractivity contribution >= 4 is 0 Å². The highest BCUT2D eigenvalue weighted by Crippen LogP contribution is 2.23. The van der Waals surface area contributed by atoms with Crippen LogP contribution in [0.1, 0.15) is 25.7 Å². The van der Waals surface area contributed by atoms with Gasteiger partial charge < -0.3 is 15.5 Å². The summed E-state index contributed by atoms with van der Waals surface area (Å²) in [7, 11) is 0. The van der Waals surface area contributed by atoms with Gasteiger partial charge >= 0.3 is 0 Å². The molecule has 2 aliphatic rings. The number of fused-ring (bicyclic) bond motifs is 1. The van der Waals surface area contributed by atoms with Gasteiger partial charge in [-0.2, -0.15) is 0 Å². The molecule has 5 heteroatoms. The summed E-state index contributed by atoms with van der Waals surface area (Å²) < 4.78 is 0. The fourth-order valence-electron chi connectivity index (χ4n) is 2.04. The highest BCUT2D eigenvalue weighted by Gasteiger charge is 2.31. The van der Waals surface area contributed by atoms with Gasteiger partial charge in [0.05, 0.1) is 0 Å². The molecule has 1 saturated carbocycles. The quantitative estimate of drug-likeness (QED) is 0.458. The van der Waals surface area contributed by atoms with E-state index in [0.29, 0.717) is 0 Å². The first-order valence-corrected chi connectivity index (χ1v) is 4.44. The zero-order valence-corrected chi connectivity index (χ0v) is 6.86. The van der Waals surface area contributed by atoms with Crippen LogP contribution in [-0.2, 0) is 0 Å². The Kier molecular flexibility index (Phi) is 2.29. The minimum atomic E-state index is -0.873. The Hall–Kier alpha value is -0.200. The van der Waals surface area contributed by atoms with Crippen molar-refractivity contribution in [2.75, 3.05) is 0 Å². The third-order valence-corrected chi connectivity index (χ3v) is 2.65. The summed E-state index contributed by atoms with van der Waals surface area (Å²) in [5.41, 5.74) is 2.40. The molecule has 3 atom stereocenters. The Balaban J connectivity index is 2.01. The number of aliphatic hydroxyl groups excluding tert-OH is 1. The molecule has 2 rings (SSSR count). The van der Waals surface area contributed by atoms with E-state index in [1.165, 1.54) is 0 Å². The molecule has 0 spiro atoms. The number of hydrogen-bond acceptors (Lipinski definition) is 5. The Bertz CT molecular complexity index is 167. The minimum absolute atomic E-state index is 0.00199. The Morgan fingerprint density at radius 2 is 2.08 bits per heavy atom. The fourth-order valence-corrected chi connectivity index (χ4v) is 2.04. The summed E-state index contributed by atoms with van der Waals surface area (Å²) in [5.74, 6) is 0. The molecule has 0 aromatic carbocycles. The summed E-state index contributed by atoms with van der Waals surface area (Å²) in [6.45, 7) is 0. The van der Waals surface area contributed by atoms with Crippen molar-refractivity contribution in [3.8, 4) is 0 Å². The van der Waals surface area contributed by atoms with Gasteiger partial charge in [0.2, 0.25) is 0 Å². The van der Waals surface area contributed by atoms with E-state index in [0.717, 1.165) is 30.9 Å². The van der Waals surface area contributed by atoms with E-state index in [4.69, 9.17) is 5.11 Å². The van der Waals surface area contributed by atoms with E-state index >= 15 is 0 Å². The molecule has 0 amide bonds. The number of rotatable bonds is 0. The normalized spacial score (nSPS) is 44.0. The lowest BCUT2D eigenvalue weighted by Gasteiger charge is -2.50. The fraction of sp³-hybridized carbons (Fsp3) is 1.00. The maximum Gasteiger partial charge on any atom is 0.172 e. The second-order valence-electron chi connectivity index (χ2n) is 3.48. The molecule has 0 bridgehead atoms. The van der Waals surface area contributed by atoms with E-state index in [9.17, 15) is 5.21 Å². The molecule has 1 saturated heterocycles. The summed E-state index contributed by atoms with van der Waals surface area (Å²) in [6, 6.07) is 0.162. The Morgan fingerprint density at radius 3 is 2.92 bits per heavy atom. The van der Waals surface area contributed by atoms with Crippen LogP contribution in [0, 0.1) is 5.21 Å². The first-order valence-electron chi connectivity index (χ1n) is 4.44. The average Bonchev–Trinajstić information content (AvgIpc) is 2.04. The van der Waals surface area contributed by atoms with Crippen molar-refractivity contribution in [3.05, 3.63) is 5.21 Å². The minimum Gasteiger partial charge on any atom is -0.771 e. The predicted octanol–water partition coefficient (Wildman–Crippen LogP) is -0.519. The van der Waals surface area contributed by atoms with Gasteiger partial charge in [0.1, 0.15) is 0 Å². The van der Waals surface area contributed by atoms with Crippen LogP contribution in [0.25, 0.3) is 0 Å². The van der Waals surface area contributed by atoms with Crippen molar-refractivity contribution in [2.45, 2.75) is 44.1 Å². The number of hydrazine groups is 1. The van der Waals surface area contributed by atoms with Crippen LogP contribution >= 0.6 is 0 Å². The monoisotopic (exact) mass is 172 g/mol. The van der Waals surface area contributed by atoms with Crippen molar-refractivity contribution in [1.82, 2.24) is 15.9 Å². The second-order valence-corrected chi connectivity index (χ2v) is 3.48. The van der Waals surface area contributed by atoms with Crippen LogP contribution in [0.15, 0.2) is 0 Å². The van der Waals surface area contributed by atoms with Crippen LogP contribution < -0.4 is 10.7 Å². The molecule has 0 aromatic heterocycles. The molecule has 1 aliphatic heterocycles. The van der Waals surface area contributed by atoms with E-state index in [1.54, 1.807) is 0 Å². The molecule has 1 heterocycles. The summed E-state index contributed by atoms with van der Waals surface area (Å²) in [4.78, 5) is 0. The second kappa shape index (κ2) is 3.27. The largest absolute Gasteiger partial charge is 0.771 e. The molecule has 5 nitrogen and oxygen atoms in total. The lowest BCUT2D eigenvalue weighted by atomic mass is 9.90. The van der Waals surface area contributed by atoms with Gasteiger partial charge in [-0.1, -0.05) is 12.8 Å². The zero-order valence-electron chi connectivity index (χ0n) is 6.86. The number of nitrogens with zero attached hydrogens (tertiary/aromatic N) is 1. The maximum atomic E-state index is 11.2. The van der Waals surface area contributed by atoms with Gasteiger partial charge in [0.15, 0.2) is 6.35 Å². The van der Waals surface area contributed by atoms with Crippen molar-refractivity contribution in [2.24, 2.45) is 0 Å². The first kappa shape index (κ1) is 8.40. The summed E-state index contributed by atoms with van der Waals surface area (Å²) in [5, 5.41) is 24.1. The third kappa shape index (κ3) is 1.46. The van der Waals surface area contributed by atoms with Crippen LogP contribution in [-0.4, -0.2) is 28.7 Å². The molecule has 3 N–H and O–H groups in total. The van der Waals surface area contributed by atoms with Crippen LogP contribution in [0.4, 0.5) is 0 Å². The Morgan fingerprint density at radius 1 is 1.33 bits per heavy atom. The lowest BCUT2D eigenvalue weighted by molar-refractivity contribution is -0.0559. The Labute approximate surface area is 71.3 Å². The third-order valence-electron chi connectivity index (χ3n) is 2.65. The number of hydrogen-bond donors (Lipinski definition) is 3. The maximum absolute atomic E-state index is 11.2. The molecule has 0 radical (unpaired) electrons. The van der Waals surface area contributed by atoms with Crippen LogP contribution in [0.5, 0.6) is 0 Å². The van der Waals surface area contributed by atoms with Crippen molar-refractivity contribution in [1.29, 1.82) is 0 Å².